The molecule has 0 aliphatic carbocycles. The molecule has 2 aromatic heterocycles. The molecule has 0 saturated heterocycles. The Kier molecular flexibility index (Phi) is 7.06. The number of aryl methyl sites for hydroxylation is 1. The molecule has 2 heterocycles. The summed E-state index contributed by atoms with van der Waals surface area (Å²) >= 11 is 0. The molecule has 0 bridgehead atoms. The summed E-state index contributed by atoms with van der Waals surface area (Å²) in [7, 11) is 1.90. The van der Waals surface area contributed by atoms with Crippen LogP contribution in [0.15, 0.2) is 79.3 Å². The predicted octanol–water partition coefficient (Wildman–Crippen LogP) is 3.42. The number of nitriles is 1. The first kappa shape index (κ1) is 22.8. The second-order valence-electron chi connectivity index (χ2n) is 7.89. The number of benzene rings is 2. The Hall–Kier alpha value is -4.35. The van der Waals surface area contributed by atoms with Crippen LogP contribution < -0.4 is 15.3 Å². The Balaban J connectivity index is 1.45. The number of nitrogens with one attached hydrogen (secondary N) is 3. The van der Waals surface area contributed by atoms with Gasteiger partial charge in [-0.1, -0.05) is 24.3 Å². The number of pyridine rings is 1. The number of aromatic amines is 1. The van der Waals surface area contributed by atoms with Gasteiger partial charge in [0.1, 0.15) is 17.7 Å². The SMILES string of the molecule is C[n+]1cc(-c2ccc(NC(=O)C(NCCc3ccc(C#N)cc3)c3cccc(F)c3)nc2)c[nH]1. The topological polar surface area (TPSA) is 97.5 Å². The quantitative estimate of drug-likeness (QED) is 0.355. The van der Waals surface area contributed by atoms with Gasteiger partial charge in [0.25, 0.3) is 0 Å². The van der Waals surface area contributed by atoms with Crippen molar-refractivity contribution in [2.75, 3.05) is 11.9 Å². The Labute approximate surface area is 196 Å². The maximum absolute atomic E-state index is 13.9. The zero-order chi connectivity index (χ0) is 23.9. The van der Waals surface area contributed by atoms with Gasteiger partial charge in [0.05, 0.1) is 23.4 Å². The number of carbonyl (C=O) groups excluding carboxylic acids is 1. The second kappa shape index (κ2) is 10.5. The van der Waals surface area contributed by atoms with E-state index in [0.29, 0.717) is 29.9 Å². The summed E-state index contributed by atoms with van der Waals surface area (Å²) in [4.78, 5) is 17.5. The van der Waals surface area contributed by atoms with Crippen LogP contribution in [0.2, 0.25) is 0 Å². The van der Waals surface area contributed by atoms with Crippen LogP contribution in [0.25, 0.3) is 11.1 Å². The summed E-state index contributed by atoms with van der Waals surface area (Å²) in [5.74, 6) is -0.339. The highest BCUT2D eigenvalue weighted by Gasteiger charge is 2.21. The van der Waals surface area contributed by atoms with Crippen molar-refractivity contribution in [1.29, 1.82) is 5.26 Å². The standard InChI is InChI=1S/C26H23FN6O/c1-33-17-22(16-31-33)21-9-10-24(30-15-21)32-26(34)25(20-3-2-4-23(27)13-20)29-12-11-18-5-7-19(14-28)8-6-18/h2-10,13,15-17,25,29H,11-12H2,1H3,(H,30,32,34)/p+1. The molecule has 8 heteroatoms. The molecule has 0 aliphatic rings. The van der Waals surface area contributed by atoms with Gasteiger partial charge >= 0.3 is 0 Å². The molecule has 4 rings (SSSR count). The lowest BCUT2D eigenvalue weighted by atomic mass is 10.0. The first-order valence-electron chi connectivity index (χ1n) is 10.8. The molecule has 2 aromatic carbocycles. The number of rotatable bonds is 8. The molecule has 170 valence electrons. The molecule has 0 aliphatic heterocycles. The molecular formula is C26H24FN6O+. The number of carbonyl (C=O) groups is 1. The minimum absolute atomic E-state index is 0.335. The van der Waals surface area contributed by atoms with E-state index in [1.54, 1.807) is 36.5 Å². The van der Waals surface area contributed by atoms with Gasteiger partial charge < -0.3 is 10.6 Å². The van der Waals surface area contributed by atoms with Crippen molar-refractivity contribution in [2.45, 2.75) is 12.5 Å². The Morgan fingerprint density at radius 3 is 2.65 bits per heavy atom. The van der Waals surface area contributed by atoms with Crippen molar-refractivity contribution in [3.05, 3.63) is 102 Å². The van der Waals surface area contributed by atoms with Crippen molar-refractivity contribution >= 4 is 11.7 Å². The number of H-pyrrole nitrogens is 1. The number of anilines is 1. The third kappa shape index (κ3) is 5.71. The minimum atomic E-state index is -0.765. The molecule has 1 atom stereocenters. The molecule has 7 nitrogen and oxygen atoms in total. The third-order valence-corrected chi connectivity index (χ3v) is 5.39. The van der Waals surface area contributed by atoms with Crippen LogP contribution in [0.3, 0.4) is 0 Å². The van der Waals surface area contributed by atoms with E-state index in [1.807, 2.05) is 42.3 Å². The number of hydrogen-bond donors (Lipinski definition) is 3. The number of hydrogen-bond acceptors (Lipinski definition) is 4. The lowest BCUT2D eigenvalue weighted by Gasteiger charge is -2.19. The van der Waals surface area contributed by atoms with Gasteiger partial charge in [0.2, 0.25) is 12.1 Å². The highest BCUT2D eigenvalue weighted by atomic mass is 19.1. The van der Waals surface area contributed by atoms with Crippen LogP contribution in [0.1, 0.15) is 22.7 Å². The summed E-state index contributed by atoms with van der Waals surface area (Å²) in [6.07, 6.45) is 6.14. The highest BCUT2D eigenvalue weighted by Crippen LogP contribution is 2.20. The molecule has 1 unspecified atom stereocenters. The Morgan fingerprint density at radius 2 is 2.00 bits per heavy atom. The summed E-state index contributed by atoms with van der Waals surface area (Å²) in [5, 5.41) is 18.0. The molecule has 4 aromatic rings. The number of amides is 1. The normalized spacial score (nSPS) is 11.6. The third-order valence-electron chi connectivity index (χ3n) is 5.39. The molecule has 0 fully saturated rings. The Morgan fingerprint density at radius 1 is 1.18 bits per heavy atom. The summed E-state index contributed by atoms with van der Waals surface area (Å²) in [6.45, 7) is 0.484. The second-order valence-corrected chi connectivity index (χ2v) is 7.89. The van der Waals surface area contributed by atoms with E-state index in [2.05, 4.69) is 26.8 Å². The van der Waals surface area contributed by atoms with E-state index < -0.39 is 11.9 Å². The van der Waals surface area contributed by atoms with E-state index in [1.165, 1.54) is 12.1 Å². The smallest absolute Gasteiger partial charge is 0.247 e. The summed E-state index contributed by atoms with van der Waals surface area (Å²) in [6, 6.07) is 18.2. The van der Waals surface area contributed by atoms with Crippen molar-refractivity contribution < 1.29 is 13.9 Å². The lowest BCUT2D eigenvalue weighted by molar-refractivity contribution is -0.726. The van der Waals surface area contributed by atoms with Gasteiger partial charge in [-0.25, -0.2) is 9.37 Å². The van der Waals surface area contributed by atoms with E-state index in [-0.39, 0.29) is 5.91 Å². The first-order chi connectivity index (χ1) is 16.5. The van der Waals surface area contributed by atoms with Crippen LogP contribution in [0, 0.1) is 17.1 Å². The van der Waals surface area contributed by atoms with Gasteiger partial charge in [-0.2, -0.15) is 10.4 Å². The lowest BCUT2D eigenvalue weighted by Crippen LogP contribution is -2.34. The van der Waals surface area contributed by atoms with E-state index in [4.69, 9.17) is 5.26 Å². The molecule has 0 saturated carbocycles. The van der Waals surface area contributed by atoms with Gasteiger partial charge in [-0.15, -0.1) is 4.68 Å². The zero-order valence-corrected chi connectivity index (χ0v) is 18.6. The molecule has 34 heavy (non-hydrogen) atoms. The van der Waals surface area contributed by atoms with Crippen LogP contribution in [0.4, 0.5) is 10.2 Å². The minimum Gasteiger partial charge on any atom is -0.309 e. The van der Waals surface area contributed by atoms with Gasteiger partial charge in [0.15, 0.2) is 7.05 Å². The molecule has 0 radical (unpaired) electrons. The maximum Gasteiger partial charge on any atom is 0.247 e. The highest BCUT2D eigenvalue weighted by molar-refractivity contribution is 5.95. The fourth-order valence-corrected chi connectivity index (χ4v) is 3.60. The summed E-state index contributed by atoms with van der Waals surface area (Å²) in [5.41, 5.74) is 4.04. The van der Waals surface area contributed by atoms with E-state index >= 15 is 0 Å². The number of aromatic nitrogens is 3. The van der Waals surface area contributed by atoms with Crippen molar-refractivity contribution in [2.24, 2.45) is 7.05 Å². The molecule has 3 N–H and O–H groups in total. The summed E-state index contributed by atoms with van der Waals surface area (Å²) < 4.78 is 15.7. The zero-order valence-electron chi connectivity index (χ0n) is 18.6. The largest absolute Gasteiger partial charge is 0.309 e. The van der Waals surface area contributed by atoms with E-state index in [9.17, 15) is 9.18 Å². The van der Waals surface area contributed by atoms with Crippen LogP contribution in [-0.4, -0.2) is 22.5 Å². The average molecular weight is 456 g/mol. The van der Waals surface area contributed by atoms with Crippen LogP contribution in [-0.2, 0) is 18.3 Å². The Bertz CT molecular complexity index is 1310. The van der Waals surface area contributed by atoms with Crippen molar-refractivity contribution in [1.82, 2.24) is 15.4 Å². The van der Waals surface area contributed by atoms with Crippen molar-refractivity contribution in [3.63, 3.8) is 0 Å². The fraction of sp³-hybridized carbons (Fsp3) is 0.154. The number of halogens is 1. The number of nitrogens with zero attached hydrogens (tertiary/aromatic N) is 3. The maximum atomic E-state index is 13.9. The van der Waals surface area contributed by atoms with Gasteiger partial charge in [-0.05, 0) is 53.9 Å². The monoisotopic (exact) mass is 455 g/mol. The predicted molar refractivity (Wildman–Crippen MR) is 126 cm³/mol. The van der Waals surface area contributed by atoms with Crippen molar-refractivity contribution in [3.8, 4) is 17.2 Å². The molecular weight excluding hydrogens is 431 g/mol. The molecule has 0 spiro atoms. The van der Waals surface area contributed by atoms with Gasteiger partial charge in [-0.3, -0.25) is 4.79 Å². The van der Waals surface area contributed by atoms with Crippen LogP contribution >= 0.6 is 0 Å². The van der Waals surface area contributed by atoms with Crippen LogP contribution in [0.5, 0.6) is 0 Å². The average Bonchev–Trinajstić information content (AvgIpc) is 3.29. The molecule has 1 amide bonds. The van der Waals surface area contributed by atoms with Gasteiger partial charge in [0, 0.05) is 18.3 Å². The fourth-order valence-electron chi connectivity index (χ4n) is 3.60. The first-order valence-corrected chi connectivity index (χ1v) is 10.8. The van der Waals surface area contributed by atoms with E-state index in [0.717, 1.165) is 16.7 Å².